The normalized spacial score (nSPS) is 15.6. The van der Waals surface area contributed by atoms with E-state index < -0.39 is 0 Å². The average Bonchev–Trinajstić information content (AvgIpc) is 2.63. The van der Waals surface area contributed by atoms with Crippen molar-refractivity contribution in [1.82, 2.24) is 4.98 Å². The van der Waals surface area contributed by atoms with E-state index in [0.29, 0.717) is 0 Å². The fourth-order valence-electron chi connectivity index (χ4n) is 1.62. The van der Waals surface area contributed by atoms with Crippen LogP contribution in [0.1, 0.15) is 25.0 Å². The molecule has 2 rings (SSSR count). The topological polar surface area (TPSA) is 51.2 Å². The summed E-state index contributed by atoms with van der Waals surface area (Å²) < 4.78 is 4.59. The molecule has 1 aliphatic carbocycles. The lowest BCUT2D eigenvalue weighted by atomic mass is 9.86. The number of carbonyl (C=O) groups is 1. The Morgan fingerprint density at radius 2 is 2.50 bits per heavy atom. The van der Waals surface area contributed by atoms with Gasteiger partial charge < -0.3 is 10.1 Å². The zero-order chi connectivity index (χ0) is 11.4. The highest BCUT2D eigenvalue weighted by atomic mass is 32.1. The number of aromatic nitrogens is 1. The molecule has 0 spiro atoms. The quantitative estimate of drug-likeness (QED) is 0.800. The summed E-state index contributed by atoms with van der Waals surface area (Å²) in [5, 5.41) is 6.12. The number of thiazole rings is 1. The van der Waals surface area contributed by atoms with Crippen LogP contribution in [0, 0.1) is 5.92 Å². The van der Waals surface area contributed by atoms with Crippen LogP contribution in [0.3, 0.4) is 0 Å². The largest absolute Gasteiger partial charge is 0.469 e. The highest BCUT2D eigenvalue weighted by Crippen LogP contribution is 2.27. The molecule has 5 heteroatoms. The van der Waals surface area contributed by atoms with E-state index >= 15 is 0 Å². The molecule has 1 aromatic heterocycles. The van der Waals surface area contributed by atoms with Gasteiger partial charge in [0.15, 0.2) is 5.13 Å². The van der Waals surface area contributed by atoms with E-state index in [2.05, 4.69) is 15.0 Å². The van der Waals surface area contributed by atoms with Crippen LogP contribution >= 0.6 is 11.3 Å². The molecule has 0 radical (unpaired) electrons. The molecule has 4 nitrogen and oxygen atoms in total. The number of rotatable bonds is 5. The summed E-state index contributed by atoms with van der Waals surface area (Å²) in [5.74, 6) is 0.573. The molecule has 0 atom stereocenters. The zero-order valence-corrected chi connectivity index (χ0v) is 10.2. The maximum absolute atomic E-state index is 11.0. The van der Waals surface area contributed by atoms with Crippen LogP contribution in [0.2, 0.25) is 0 Å². The first kappa shape index (κ1) is 11.4. The first-order valence-electron chi connectivity index (χ1n) is 5.53. The molecule has 1 fully saturated rings. The van der Waals surface area contributed by atoms with Crippen molar-refractivity contribution in [2.45, 2.75) is 25.7 Å². The second-order valence-electron chi connectivity index (χ2n) is 4.07. The molecule has 1 saturated carbocycles. The number of methoxy groups -OCH3 is 1. The SMILES string of the molecule is COC(=O)Cc1csc(NCC2CCC2)n1. The van der Waals surface area contributed by atoms with Gasteiger partial charge in [-0.15, -0.1) is 11.3 Å². The number of ether oxygens (including phenoxy) is 1. The lowest BCUT2D eigenvalue weighted by Crippen LogP contribution is -2.20. The minimum absolute atomic E-state index is 0.240. The monoisotopic (exact) mass is 240 g/mol. The Balaban J connectivity index is 1.79. The van der Waals surface area contributed by atoms with Crippen LogP contribution in [-0.2, 0) is 16.0 Å². The van der Waals surface area contributed by atoms with Gasteiger partial charge in [0.25, 0.3) is 0 Å². The Hall–Kier alpha value is -1.10. The number of nitrogens with one attached hydrogen (secondary N) is 1. The van der Waals surface area contributed by atoms with Crippen LogP contribution in [0.15, 0.2) is 5.38 Å². The van der Waals surface area contributed by atoms with E-state index in [0.717, 1.165) is 23.3 Å². The van der Waals surface area contributed by atoms with Gasteiger partial charge >= 0.3 is 5.97 Å². The van der Waals surface area contributed by atoms with Crippen LogP contribution in [0.5, 0.6) is 0 Å². The van der Waals surface area contributed by atoms with Gasteiger partial charge in [0.05, 0.1) is 19.2 Å². The molecule has 0 bridgehead atoms. The van der Waals surface area contributed by atoms with E-state index in [1.54, 1.807) is 11.3 Å². The van der Waals surface area contributed by atoms with Crippen molar-refractivity contribution >= 4 is 22.4 Å². The van der Waals surface area contributed by atoms with E-state index in [1.807, 2.05) is 5.38 Å². The first-order chi connectivity index (χ1) is 7.78. The van der Waals surface area contributed by atoms with Gasteiger partial charge in [0, 0.05) is 11.9 Å². The van der Waals surface area contributed by atoms with Gasteiger partial charge in [-0.3, -0.25) is 4.79 Å². The molecular weight excluding hydrogens is 224 g/mol. The summed E-state index contributed by atoms with van der Waals surface area (Å²) in [5.41, 5.74) is 0.785. The highest BCUT2D eigenvalue weighted by Gasteiger charge is 2.17. The minimum Gasteiger partial charge on any atom is -0.469 e. The summed E-state index contributed by atoms with van der Waals surface area (Å²) in [6.45, 7) is 1.01. The van der Waals surface area contributed by atoms with Crippen LogP contribution in [-0.4, -0.2) is 24.6 Å². The molecule has 16 heavy (non-hydrogen) atoms. The predicted octanol–water partition coefficient (Wildman–Crippen LogP) is 2.07. The molecule has 1 aromatic rings. The van der Waals surface area contributed by atoms with Crippen molar-refractivity contribution in [3.8, 4) is 0 Å². The first-order valence-corrected chi connectivity index (χ1v) is 6.41. The Morgan fingerprint density at radius 3 is 3.12 bits per heavy atom. The maximum Gasteiger partial charge on any atom is 0.311 e. The summed E-state index contributed by atoms with van der Waals surface area (Å²) in [4.78, 5) is 15.4. The summed E-state index contributed by atoms with van der Waals surface area (Å²) >= 11 is 1.55. The molecule has 1 aliphatic rings. The van der Waals surface area contributed by atoms with E-state index in [9.17, 15) is 4.79 Å². The maximum atomic E-state index is 11.0. The van der Waals surface area contributed by atoms with E-state index in [1.165, 1.54) is 26.4 Å². The third-order valence-corrected chi connectivity index (χ3v) is 3.72. The van der Waals surface area contributed by atoms with Crippen molar-refractivity contribution in [2.75, 3.05) is 19.0 Å². The smallest absolute Gasteiger partial charge is 0.311 e. The lowest BCUT2D eigenvalue weighted by molar-refractivity contribution is -0.139. The number of nitrogens with zero attached hydrogens (tertiary/aromatic N) is 1. The summed E-state index contributed by atoms with van der Waals surface area (Å²) in [6.07, 6.45) is 4.27. The second-order valence-corrected chi connectivity index (χ2v) is 4.93. The van der Waals surface area contributed by atoms with E-state index in [4.69, 9.17) is 0 Å². The second kappa shape index (κ2) is 5.30. The van der Waals surface area contributed by atoms with Gasteiger partial charge in [-0.1, -0.05) is 6.42 Å². The predicted molar refractivity (Wildman–Crippen MR) is 63.7 cm³/mol. The van der Waals surface area contributed by atoms with Gasteiger partial charge in [0.1, 0.15) is 0 Å². The number of anilines is 1. The number of esters is 1. The Labute approximate surface area is 99.0 Å². The number of carbonyl (C=O) groups excluding carboxylic acids is 1. The molecule has 0 aliphatic heterocycles. The Kier molecular flexibility index (Phi) is 3.77. The summed E-state index contributed by atoms with van der Waals surface area (Å²) in [7, 11) is 1.39. The summed E-state index contributed by atoms with van der Waals surface area (Å²) in [6, 6.07) is 0. The Bertz CT molecular complexity index is 361. The average molecular weight is 240 g/mol. The molecule has 1 heterocycles. The molecule has 1 N–H and O–H groups in total. The highest BCUT2D eigenvalue weighted by molar-refractivity contribution is 7.13. The van der Waals surface area contributed by atoms with Crippen LogP contribution in [0.25, 0.3) is 0 Å². The van der Waals surface area contributed by atoms with Crippen molar-refractivity contribution in [3.05, 3.63) is 11.1 Å². The minimum atomic E-state index is -0.240. The van der Waals surface area contributed by atoms with Crippen molar-refractivity contribution in [3.63, 3.8) is 0 Å². The van der Waals surface area contributed by atoms with Gasteiger partial charge in [-0.05, 0) is 18.8 Å². The molecule has 88 valence electrons. The van der Waals surface area contributed by atoms with Gasteiger partial charge in [0.2, 0.25) is 0 Å². The third-order valence-electron chi connectivity index (χ3n) is 2.87. The lowest BCUT2D eigenvalue weighted by Gasteiger charge is -2.25. The molecular formula is C11H16N2O2S. The fourth-order valence-corrected chi connectivity index (χ4v) is 2.34. The standard InChI is InChI=1S/C11H16N2O2S/c1-15-10(14)5-9-7-16-11(13-9)12-6-8-3-2-4-8/h7-8H,2-6H2,1H3,(H,12,13). The molecule has 0 saturated heterocycles. The van der Waals surface area contributed by atoms with E-state index in [-0.39, 0.29) is 12.4 Å². The van der Waals surface area contributed by atoms with Gasteiger partial charge in [-0.25, -0.2) is 4.98 Å². The molecule has 0 aromatic carbocycles. The van der Waals surface area contributed by atoms with Crippen molar-refractivity contribution < 1.29 is 9.53 Å². The van der Waals surface area contributed by atoms with Crippen molar-refractivity contribution in [2.24, 2.45) is 5.92 Å². The van der Waals surface area contributed by atoms with Crippen molar-refractivity contribution in [1.29, 1.82) is 0 Å². The van der Waals surface area contributed by atoms with Crippen LogP contribution < -0.4 is 5.32 Å². The molecule has 0 unspecified atom stereocenters. The number of hydrogen-bond acceptors (Lipinski definition) is 5. The zero-order valence-electron chi connectivity index (χ0n) is 9.36. The van der Waals surface area contributed by atoms with Gasteiger partial charge in [-0.2, -0.15) is 0 Å². The Morgan fingerprint density at radius 1 is 1.69 bits per heavy atom. The fraction of sp³-hybridized carbons (Fsp3) is 0.636. The third kappa shape index (κ3) is 2.95. The molecule has 0 amide bonds. The van der Waals surface area contributed by atoms with Crippen LogP contribution in [0.4, 0.5) is 5.13 Å². The number of hydrogen-bond donors (Lipinski definition) is 1.